The summed E-state index contributed by atoms with van der Waals surface area (Å²) in [6.07, 6.45) is 0.897. The number of rotatable bonds is 2. The highest BCUT2D eigenvalue weighted by atomic mass is 35.5. The molecule has 1 heterocycles. The van der Waals surface area contributed by atoms with Crippen molar-refractivity contribution in [1.82, 2.24) is 5.32 Å². The van der Waals surface area contributed by atoms with Gasteiger partial charge in [-0.05, 0) is 24.1 Å². The molecule has 5 nitrogen and oxygen atoms in total. The van der Waals surface area contributed by atoms with Crippen LogP contribution in [0.2, 0.25) is 0 Å². The largest absolute Gasteiger partial charge is 0.326 e. The molecule has 1 aliphatic rings. The molecule has 19 heavy (non-hydrogen) atoms. The molecule has 1 unspecified atom stereocenters. The van der Waals surface area contributed by atoms with E-state index in [1.54, 1.807) is 24.3 Å². The van der Waals surface area contributed by atoms with Crippen molar-refractivity contribution in [3.63, 3.8) is 0 Å². The molecule has 102 valence electrons. The lowest BCUT2D eigenvalue weighted by atomic mass is 9.90. The maximum atomic E-state index is 11.7. The van der Waals surface area contributed by atoms with Gasteiger partial charge in [-0.2, -0.15) is 0 Å². The Labute approximate surface area is 117 Å². The molecule has 0 bridgehead atoms. The Balaban J connectivity index is 0.00000180. The van der Waals surface area contributed by atoms with Crippen LogP contribution in [0.4, 0.5) is 5.69 Å². The molecule has 1 aromatic rings. The number of carbonyl (C=O) groups is 3. The van der Waals surface area contributed by atoms with Gasteiger partial charge in [0, 0.05) is 19.0 Å². The molecule has 1 saturated heterocycles. The molecule has 2 N–H and O–H groups in total. The number of hydrogen-bond acceptors (Lipinski definition) is 3. The van der Waals surface area contributed by atoms with Crippen LogP contribution < -0.4 is 10.6 Å². The molecule has 0 saturated carbocycles. The van der Waals surface area contributed by atoms with Gasteiger partial charge in [0.1, 0.15) is 0 Å². The van der Waals surface area contributed by atoms with Gasteiger partial charge in [-0.25, -0.2) is 0 Å². The van der Waals surface area contributed by atoms with Crippen LogP contribution in [0.25, 0.3) is 0 Å². The quantitative estimate of drug-likeness (QED) is 0.809. The molecule has 0 radical (unpaired) electrons. The lowest BCUT2D eigenvalue weighted by Gasteiger charge is -2.21. The van der Waals surface area contributed by atoms with Crippen LogP contribution in [0.3, 0.4) is 0 Å². The first kappa shape index (κ1) is 15.2. The van der Waals surface area contributed by atoms with Gasteiger partial charge in [-0.15, -0.1) is 12.4 Å². The molecule has 1 aliphatic heterocycles. The summed E-state index contributed by atoms with van der Waals surface area (Å²) in [5.41, 5.74) is 1.55. The summed E-state index contributed by atoms with van der Waals surface area (Å²) in [6, 6.07) is 7.09. The predicted molar refractivity (Wildman–Crippen MR) is 73.1 cm³/mol. The van der Waals surface area contributed by atoms with Crippen LogP contribution in [0.5, 0.6) is 0 Å². The zero-order valence-electron chi connectivity index (χ0n) is 10.4. The fourth-order valence-corrected chi connectivity index (χ4v) is 2.01. The SMILES string of the molecule is CC(=O)Nc1ccc(C2CCC(=O)NC2=O)cc1.Cl. The van der Waals surface area contributed by atoms with Gasteiger partial charge in [0.15, 0.2) is 0 Å². The number of amides is 3. The van der Waals surface area contributed by atoms with Crippen LogP contribution in [0.15, 0.2) is 24.3 Å². The Hall–Kier alpha value is -1.88. The van der Waals surface area contributed by atoms with Gasteiger partial charge < -0.3 is 5.32 Å². The van der Waals surface area contributed by atoms with Crippen LogP contribution in [-0.2, 0) is 14.4 Å². The van der Waals surface area contributed by atoms with Crippen molar-refractivity contribution in [1.29, 1.82) is 0 Å². The van der Waals surface area contributed by atoms with Gasteiger partial charge in [0.2, 0.25) is 17.7 Å². The molecule has 1 atom stereocenters. The second kappa shape index (κ2) is 6.33. The fourth-order valence-electron chi connectivity index (χ4n) is 2.01. The van der Waals surface area contributed by atoms with E-state index in [2.05, 4.69) is 10.6 Å². The molecule has 1 fully saturated rings. The second-order valence-electron chi connectivity index (χ2n) is 4.31. The summed E-state index contributed by atoms with van der Waals surface area (Å²) >= 11 is 0. The van der Waals surface area contributed by atoms with Crippen molar-refractivity contribution >= 4 is 35.8 Å². The molecule has 0 aromatic heterocycles. The molecule has 6 heteroatoms. The highest BCUT2D eigenvalue weighted by Gasteiger charge is 2.27. The molecule has 3 amide bonds. The number of halogens is 1. The highest BCUT2D eigenvalue weighted by molar-refractivity contribution is 6.01. The van der Waals surface area contributed by atoms with Crippen molar-refractivity contribution in [2.24, 2.45) is 0 Å². The third kappa shape index (κ3) is 3.79. The molecule has 0 spiro atoms. The van der Waals surface area contributed by atoms with E-state index in [1.165, 1.54) is 6.92 Å². The topological polar surface area (TPSA) is 75.3 Å². The van der Waals surface area contributed by atoms with Crippen molar-refractivity contribution in [3.05, 3.63) is 29.8 Å². The minimum atomic E-state index is -0.283. The lowest BCUT2D eigenvalue weighted by molar-refractivity contribution is -0.134. The summed E-state index contributed by atoms with van der Waals surface area (Å²) in [5.74, 6) is -0.887. The number of piperidine rings is 1. The van der Waals surface area contributed by atoms with Gasteiger partial charge in [0.25, 0.3) is 0 Å². The summed E-state index contributed by atoms with van der Waals surface area (Å²) in [4.78, 5) is 33.6. The zero-order valence-corrected chi connectivity index (χ0v) is 11.3. The van der Waals surface area contributed by atoms with E-state index in [0.29, 0.717) is 18.5 Å². The summed E-state index contributed by atoms with van der Waals surface area (Å²) in [6.45, 7) is 1.44. The molecular weight excluding hydrogens is 268 g/mol. The van der Waals surface area contributed by atoms with E-state index < -0.39 is 0 Å². The monoisotopic (exact) mass is 282 g/mol. The average molecular weight is 283 g/mol. The molecular formula is C13H15ClN2O3. The predicted octanol–water partition coefficient (Wildman–Crippen LogP) is 1.59. The lowest BCUT2D eigenvalue weighted by Crippen LogP contribution is -2.39. The van der Waals surface area contributed by atoms with Gasteiger partial charge >= 0.3 is 0 Å². The van der Waals surface area contributed by atoms with Crippen LogP contribution in [0.1, 0.15) is 31.2 Å². The van der Waals surface area contributed by atoms with Crippen LogP contribution >= 0.6 is 12.4 Å². The van der Waals surface area contributed by atoms with Crippen molar-refractivity contribution < 1.29 is 14.4 Å². The first-order chi connectivity index (χ1) is 8.56. The number of anilines is 1. The van der Waals surface area contributed by atoms with E-state index in [-0.39, 0.29) is 36.0 Å². The van der Waals surface area contributed by atoms with Gasteiger partial charge in [0.05, 0.1) is 5.92 Å². The van der Waals surface area contributed by atoms with E-state index in [9.17, 15) is 14.4 Å². The number of carbonyl (C=O) groups excluding carboxylic acids is 3. The Bertz CT molecular complexity index is 499. The second-order valence-corrected chi connectivity index (χ2v) is 4.31. The number of benzene rings is 1. The number of nitrogens with one attached hydrogen (secondary N) is 2. The standard InChI is InChI=1S/C13H14N2O3.ClH/c1-8(16)14-10-4-2-9(3-5-10)11-6-7-12(17)15-13(11)18;/h2-5,11H,6-7H2,1H3,(H,14,16)(H,15,17,18);1H. The molecule has 0 aliphatic carbocycles. The van der Waals surface area contributed by atoms with Crippen molar-refractivity contribution in [2.75, 3.05) is 5.32 Å². The first-order valence-corrected chi connectivity index (χ1v) is 5.77. The summed E-state index contributed by atoms with van der Waals surface area (Å²) in [5, 5.41) is 4.99. The summed E-state index contributed by atoms with van der Waals surface area (Å²) in [7, 11) is 0. The van der Waals surface area contributed by atoms with Crippen LogP contribution in [0, 0.1) is 0 Å². The van der Waals surface area contributed by atoms with Crippen LogP contribution in [-0.4, -0.2) is 17.7 Å². The number of hydrogen-bond donors (Lipinski definition) is 2. The van der Waals surface area contributed by atoms with E-state index >= 15 is 0 Å². The maximum absolute atomic E-state index is 11.7. The van der Waals surface area contributed by atoms with Crippen molar-refractivity contribution in [3.8, 4) is 0 Å². The minimum absolute atomic E-state index is 0. The number of imide groups is 1. The highest BCUT2D eigenvalue weighted by Crippen LogP contribution is 2.25. The zero-order chi connectivity index (χ0) is 13.1. The molecule has 2 rings (SSSR count). The maximum Gasteiger partial charge on any atom is 0.234 e. The van der Waals surface area contributed by atoms with Crippen molar-refractivity contribution in [2.45, 2.75) is 25.7 Å². The van der Waals surface area contributed by atoms with E-state index in [1.807, 2.05) is 0 Å². The third-order valence-corrected chi connectivity index (χ3v) is 2.87. The Morgan fingerprint density at radius 2 is 1.89 bits per heavy atom. The average Bonchev–Trinajstić information content (AvgIpc) is 2.30. The normalized spacial score (nSPS) is 18.3. The van der Waals surface area contributed by atoms with Gasteiger partial charge in [-0.3, -0.25) is 19.7 Å². The first-order valence-electron chi connectivity index (χ1n) is 5.77. The Kier molecular flexibility index (Phi) is 5.06. The van der Waals surface area contributed by atoms with E-state index in [0.717, 1.165) is 5.56 Å². The Morgan fingerprint density at radius 1 is 1.26 bits per heavy atom. The fraction of sp³-hybridized carbons (Fsp3) is 0.308. The Morgan fingerprint density at radius 3 is 2.42 bits per heavy atom. The summed E-state index contributed by atoms with van der Waals surface area (Å²) < 4.78 is 0. The molecule has 1 aromatic carbocycles. The van der Waals surface area contributed by atoms with E-state index in [4.69, 9.17) is 0 Å². The smallest absolute Gasteiger partial charge is 0.234 e. The van der Waals surface area contributed by atoms with Gasteiger partial charge in [-0.1, -0.05) is 12.1 Å². The minimum Gasteiger partial charge on any atom is -0.326 e. The third-order valence-electron chi connectivity index (χ3n) is 2.87.